The normalized spacial score (nSPS) is 18.9. The van der Waals surface area contributed by atoms with Crippen molar-refractivity contribution >= 4 is 22.7 Å². The number of amidine groups is 1. The van der Waals surface area contributed by atoms with Gasteiger partial charge in [-0.1, -0.05) is 20.8 Å². The van der Waals surface area contributed by atoms with Crippen LogP contribution in [-0.4, -0.2) is 40.9 Å². The van der Waals surface area contributed by atoms with Gasteiger partial charge in [0.15, 0.2) is 11.6 Å². The summed E-state index contributed by atoms with van der Waals surface area (Å²) in [5.74, 6) is 0.421. The molecule has 30 heavy (non-hydrogen) atoms. The van der Waals surface area contributed by atoms with Crippen molar-refractivity contribution in [1.29, 1.82) is 0 Å². The highest BCUT2D eigenvalue weighted by molar-refractivity contribution is 5.89. The van der Waals surface area contributed by atoms with E-state index in [1.54, 1.807) is 24.4 Å². The molecule has 7 nitrogen and oxygen atoms in total. The Bertz CT molecular complexity index is 1100. The predicted octanol–water partition coefficient (Wildman–Crippen LogP) is 4.41. The van der Waals surface area contributed by atoms with Gasteiger partial charge in [0, 0.05) is 29.6 Å². The lowest BCUT2D eigenvalue weighted by Gasteiger charge is -2.30. The summed E-state index contributed by atoms with van der Waals surface area (Å²) in [5.41, 5.74) is 1.87. The first-order chi connectivity index (χ1) is 14.4. The summed E-state index contributed by atoms with van der Waals surface area (Å²) < 4.78 is 26.2. The molecule has 1 atom stereocenters. The maximum atomic E-state index is 14.8. The van der Waals surface area contributed by atoms with Gasteiger partial charge >= 0.3 is 0 Å². The zero-order valence-electron chi connectivity index (χ0n) is 17.2. The molecule has 0 amide bonds. The lowest BCUT2D eigenvalue weighted by molar-refractivity contribution is 0.0706. The first-order valence-corrected chi connectivity index (χ1v) is 9.87. The van der Waals surface area contributed by atoms with Crippen molar-refractivity contribution in [3.63, 3.8) is 0 Å². The number of aliphatic hydroxyl groups excluding tert-OH is 1. The fourth-order valence-electron chi connectivity index (χ4n) is 3.26. The van der Waals surface area contributed by atoms with Gasteiger partial charge in [-0.25, -0.2) is 14.4 Å². The fraction of sp³-hybridized carbons (Fsp3) is 0.364. The Hall–Kier alpha value is -3.13. The van der Waals surface area contributed by atoms with Gasteiger partial charge in [0.1, 0.15) is 18.0 Å². The van der Waals surface area contributed by atoms with Gasteiger partial charge in [0.2, 0.25) is 0 Å². The van der Waals surface area contributed by atoms with Crippen LogP contribution in [0.3, 0.4) is 0 Å². The van der Waals surface area contributed by atoms with Crippen molar-refractivity contribution in [2.24, 2.45) is 10.4 Å². The van der Waals surface area contributed by atoms with E-state index in [2.05, 4.69) is 34.1 Å². The maximum absolute atomic E-state index is 14.8. The molecule has 1 aliphatic heterocycles. The lowest BCUT2D eigenvalue weighted by atomic mass is 9.93. The zero-order chi connectivity index (χ0) is 21.3. The van der Waals surface area contributed by atoms with Gasteiger partial charge < -0.3 is 24.9 Å². The van der Waals surface area contributed by atoms with Gasteiger partial charge in [0.25, 0.3) is 6.02 Å². The number of nitrogens with one attached hydrogen (secondary N) is 2. The number of benzene rings is 1. The van der Waals surface area contributed by atoms with E-state index in [1.807, 2.05) is 13.1 Å². The summed E-state index contributed by atoms with van der Waals surface area (Å²) in [5, 5.41) is 13.2. The zero-order valence-corrected chi connectivity index (χ0v) is 17.2. The quantitative estimate of drug-likeness (QED) is 0.577. The molecular weight excluding hydrogens is 387 g/mol. The van der Waals surface area contributed by atoms with E-state index < -0.39 is 11.2 Å². The van der Waals surface area contributed by atoms with Crippen molar-refractivity contribution in [1.82, 2.24) is 9.97 Å². The van der Waals surface area contributed by atoms with E-state index >= 15 is 0 Å². The minimum absolute atomic E-state index is 0.00756. The van der Waals surface area contributed by atoms with Crippen LogP contribution in [0.4, 0.5) is 10.1 Å². The summed E-state index contributed by atoms with van der Waals surface area (Å²) in [6, 6.07) is 6.63. The van der Waals surface area contributed by atoms with Crippen LogP contribution in [0.2, 0.25) is 0 Å². The summed E-state index contributed by atoms with van der Waals surface area (Å²) in [6.07, 6.45) is 3.54. The van der Waals surface area contributed by atoms with E-state index in [4.69, 9.17) is 9.47 Å². The first-order valence-electron chi connectivity index (χ1n) is 9.87. The molecular formula is C22H25FN4O3. The van der Waals surface area contributed by atoms with Crippen LogP contribution in [0.1, 0.15) is 32.3 Å². The molecule has 3 N–H and O–H groups in total. The standard InChI is InChI=1S/C22H25FN4O3/c1-13(2)15-9-25-20-19(15)18(6-7-24-20)30-17-5-4-14(8-16(17)23)27-21-26-10-22(3,11-28)12-29-21/h4-9,13,28H,10-12H2,1-3H3,(H,24,25)(H,26,27)/t22-/m1/s1. The molecule has 158 valence electrons. The Labute approximate surface area is 174 Å². The van der Waals surface area contributed by atoms with Crippen LogP contribution in [0.5, 0.6) is 11.5 Å². The molecule has 0 spiro atoms. The van der Waals surface area contributed by atoms with Crippen LogP contribution >= 0.6 is 0 Å². The highest BCUT2D eigenvalue weighted by Gasteiger charge is 2.29. The number of hydrogen-bond donors (Lipinski definition) is 3. The highest BCUT2D eigenvalue weighted by Crippen LogP contribution is 2.35. The number of nitrogens with zero attached hydrogens (tertiary/aromatic N) is 2. The molecule has 3 aromatic rings. The number of pyridine rings is 1. The highest BCUT2D eigenvalue weighted by atomic mass is 19.1. The predicted molar refractivity (Wildman–Crippen MR) is 114 cm³/mol. The Morgan fingerprint density at radius 1 is 1.33 bits per heavy atom. The molecule has 4 rings (SSSR count). The molecule has 0 saturated heterocycles. The number of H-pyrrole nitrogens is 1. The number of anilines is 1. The molecule has 1 aromatic carbocycles. The molecule has 0 bridgehead atoms. The number of halogens is 1. The van der Waals surface area contributed by atoms with Crippen molar-refractivity contribution in [2.45, 2.75) is 26.7 Å². The number of aromatic nitrogens is 2. The molecule has 2 aromatic heterocycles. The molecule has 0 saturated carbocycles. The van der Waals surface area contributed by atoms with Crippen LogP contribution in [-0.2, 0) is 4.74 Å². The third-order valence-electron chi connectivity index (χ3n) is 5.13. The van der Waals surface area contributed by atoms with E-state index in [9.17, 15) is 9.50 Å². The Balaban J connectivity index is 1.54. The van der Waals surface area contributed by atoms with Crippen LogP contribution in [0, 0.1) is 11.2 Å². The average Bonchev–Trinajstić information content (AvgIpc) is 3.17. The first kappa shape index (κ1) is 20.2. The smallest absolute Gasteiger partial charge is 0.289 e. The SMILES string of the molecule is CC(C)c1c[nH]c2nccc(Oc3ccc(NC4=NC[C@](C)(CO)CO4)cc3F)c12. The Morgan fingerprint density at radius 2 is 2.17 bits per heavy atom. The molecule has 1 aliphatic rings. The van der Waals surface area contributed by atoms with Crippen LogP contribution in [0.25, 0.3) is 11.0 Å². The Kier molecular flexibility index (Phi) is 5.34. The van der Waals surface area contributed by atoms with Crippen molar-refractivity contribution in [3.8, 4) is 11.5 Å². The number of rotatable bonds is 5. The number of hydrogen-bond acceptors (Lipinski definition) is 6. The third kappa shape index (κ3) is 3.95. The molecule has 3 heterocycles. The summed E-state index contributed by atoms with van der Waals surface area (Å²) in [7, 11) is 0. The fourth-order valence-corrected chi connectivity index (χ4v) is 3.26. The lowest BCUT2D eigenvalue weighted by Crippen LogP contribution is -2.38. The molecule has 8 heteroatoms. The minimum Gasteiger partial charge on any atom is -0.464 e. The summed E-state index contributed by atoms with van der Waals surface area (Å²) >= 11 is 0. The molecule has 0 aliphatic carbocycles. The van der Waals surface area contributed by atoms with E-state index in [0.717, 1.165) is 10.9 Å². The van der Waals surface area contributed by atoms with Gasteiger partial charge in [0.05, 0.1) is 18.5 Å². The van der Waals surface area contributed by atoms with Gasteiger partial charge in [-0.3, -0.25) is 0 Å². The number of aliphatic imine (C=N–C) groups is 1. The number of ether oxygens (including phenoxy) is 2. The molecule has 0 fully saturated rings. The van der Waals surface area contributed by atoms with Gasteiger partial charge in [-0.2, -0.15) is 0 Å². The third-order valence-corrected chi connectivity index (χ3v) is 5.13. The molecule has 0 radical (unpaired) electrons. The molecule has 0 unspecified atom stereocenters. The second-order valence-electron chi connectivity index (χ2n) is 8.18. The van der Waals surface area contributed by atoms with Crippen LogP contribution in [0.15, 0.2) is 41.7 Å². The number of aliphatic hydroxyl groups is 1. The second kappa shape index (κ2) is 7.95. The average molecular weight is 412 g/mol. The van der Waals surface area contributed by atoms with E-state index in [1.165, 1.54) is 6.07 Å². The summed E-state index contributed by atoms with van der Waals surface area (Å²) in [6.45, 7) is 6.82. The van der Waals surface area contributed by atoms with Crippen molar-refractivity contribution in [3.05, 3.63) is 48.0 Å². The van der Waals surface area contributed by atoms with E-state index in [-0.39, 0.29) is 18.3 Å². The van der Waals surface area contributed by atoms with Crippen molar-refractivity contribution in [2.75, 3.05) is 25.1 Å². The Morgan fingerprint density at radius 3 is 2.83 bits per heavy atom. The summed E-state index contributed by atoms with van der Waals surface area (Å²) in [4.78, 5) is 11.7. The van der Waals surface area contributed by atoms with Gasteiger partial charge in [-0.15, -0.1) is 0 Å². The maximum Gasteiger partial charge on any atom is 0.289 e. The largest absolute Gasteiger partial charge is 0.464 e. The van der Waals surface area contributed by atoms with Crippen LogP contribution < -0.4 is 10.1 Å². The minimum atomic E-state index is -0.511. The van der Waals surface area contributed by atoms with E-state index in [0.29, 0.717) is 36.3 Å². The van der Waals surface area contributed by atoms with Gasteiger partial charge in [-0.05, 0) is 29.7 Å². The van der Waals surface area contributed by atoms with Crippen molar-refractivity contribution < 1.29 is 19.0 Å². The topological polar surface area (TPSA) is 91.8 Å². The monoisotopic (exact) mass is 412 g/mol. The second-order valence-corrected chi connectivity index (χ2v) is 8.18. The number of fused-ring (bicyclic) bond motifs is 1. The number of aromatic amines is 1.